The molecule has 0 saturated heterocycles. The molecule has 1 aromatic heterocycles. The van der Waals surface area contributed by atoms with E-state index in [1.165, 1.54) is 24.2 Å². The second-order valence-electron chi connectivity index (χ2n) is 4.72. The van der Waals surface area contributed by atoms with Crippen LogP contribution in [0.4, 0.5) is 0 Å². The van der Waals surface area contributed by atoms with E-state index >= 15 is 0 Å². The van der Waals surface area contributed by atoms with Gasteiger partial charge in [-0.15, -0.1) is 23.7 Å². The van der Waals surface area contributed by atoms with Crippen LogP contribution in [0, 0.1) is 5.92 Å². The molecule has 1 saturated carbocycles. The summed E-state index contributed by atoms with van der Waals surface area (Å²) in [5.74, 6) is 0.770. The number of aromatic nitrogens is 1. The molecule has 1 aliphatic rings. The van der Waals surface area contributed by atoms with Gasteiger partial charge in [-0.25, -0.2) is 4.98 Å². The van der Waals surface area contributed by atoms with Gasteiger partial charge in [-0.1, -0.05) is 12.8 Å². The summed E-state index contributed by atoms with van der Waals surface area (Å²) in [6.07, 6.45) is 4.47. The van der Waals surface area contributed by atoms with Crippen molar-refractivity contribution in [1.29, 1.82) is 0 Å². The van der Waals surface area contributed by atoms with Crippen LogP contribution in [-0.4, -0.2) is 23.5 Å². The lowest BCUT2D eigenvalue weighted by Gasteiger charge is -2.11. The van der Waals surface area contributed by atoms with Gasteiger partial charge in [0.15, 0.2) is 0 Å². The Hall–Kier alpha value is -0.650. The first-order valence-electron chi connectivity index (χ1n) is 6.14. The molecule has 1 aromatic rings. The van der Waals surface area contributed by atoms with Gasteiger partial charge in [0.25, 0.3) is 5.91 Å². The first-order chi connectivity index (χ1) is 8.19. The highest BCUT2D eigenvalue weighted by molar-refractivity contribution is 7.09. The highest BCUT2D eigenvalue weighted by Crippen LogP contribution is 2.33. The molecule has 0 spiro atoms. The summed E-state index contributed by atoms with van der Waals surface area (Å²) in [4.78, 5) is 16.2. The lowest BCUT2D eigenvalue weighted by Crippen LogP contribution is -2.33. The normalized spacial score (nSPS) is 15.9. The highest BCUT2D eigenvalue weighted by atomic mass is 35.5. The molecule has 0 radical (unpaired) electrons. The van der Waals surface area contributed by atoms with Gasteiger partial charge in [-0.2, -0.15) is 0 Å². The maximum Gasteiger partial charge on any atom is 0.270 e. The molecule has 1 unspecified atom stereocenters. The third-order valence-corrected chi connectivity index (χ3v) is 3.81. The molecule has 1 heterocycles. The van der Waals surface area contributed by atoms with E-state index in [1.807, 2.05) is 5.38 Å². The van der Waals surface area contributed by atoms with Crippen LogP contribution in [0.2, 0.25) is 0 Å². The third-order valence-electron chi connectivity index (χ3n) is 2.90. The van der Waals surface area contributed by atoms with Crippen molar-refractivity contribution in [1.82, 2.24) is 10.3 Å². The second-order valence-corrected chi connectivity index (χ2v) is 5.66. The first-order valence-corrected chi connectivity index (χ1v) is 7.02. The maximum absolute atomic E-state index is 11.9. The highest BCUT2D eigenvalue weighted by Gasteiger charge is 2.24. The lowest BCUT2D eigenvalue weighted by molar-refractivity contribution is 0.0933. The molecule has 18 heavy (non-hydrogen) atoms. The maximum atomic E-state index is 11.9. The zero-order valence-corrected chi connectivity index (χ0v) is 12.1. The van der Waals surface area contributed by atoms with E-state index in [1.54, 1.807) is 0 Å². The van der Waals surface area contributed by atoms with E-state index in [-0.39, 0.29) is 24.4 Å². The van der Waals surface area contributed by atoms with Gasteiger partial charge in [-0.3, -0.25) is 4.79 Å². The summed E-state index contributed by atoms with van der Waals surface area (Å²) in [7, 11) is 0. The molecule has 0 bridgehead atoms. The number of nitrogens with one attached hydrogen (secondary N) is 1. The fraction of sp³-hybridized carbons (Fsp3) is 0.667. The number of nitrogens with zero attached hydrogens (tertiary/aromatic N) is 1. The van der Waals surface area contributed by atoms with Gasteiger partial charge >= 0.3 is 0 Å². The van der Waals surface area contributed by atoms with Crippen LogP contribution in [0.15, 0.2) is 5.38 Å². The molecule has 6 heteroatoms. The minimum atomic E-state index is -0.0577. The first kappa shape index (κ1) is 15.4. The number of halogens is 1. The van der Waals surface area contributed by atoms with E-state index < -0.39 is 0 Å². The van der Waals surface area contributed by atoms with Gasteiger partial charge in [0.05, 0.1) is 5.01 Å². The number of hydrogen-bond donors (Lipinski definition) is 2. The van der Waals surface area contributed by atoms with E-state index in [0.717, 1.165) is 23.8 Å². The fourth-order valence-corrected chi connectivity index (χ4v) is 2.66. The summed E-state index contributed by atoms with van der Waals surface area (Å²) in [5, 5.41) is 5.74. The Labute approximate surface area is 118 Å². The summed E-state index contributed by atoms with van der Waals surface area (Å²) in [6, 6.07) is 0.245. The van der Waals surface area contributed by atoms with Crippen LogP contribution in [-0.2, 0) is 6.42 Å². The van der Waals surface area contributed by atoms with Crippen molar-refractivity contribution in [2.45, 2.75) is 38.6 Å². The number of carbonyl (C=O) groups is 1. The predicted molar refractivity (Wildman–Crippen MR) is 76.4 cm³/mol. The summed E-state index contributed by atoms with van der Waals surface area (Å²) >= 11 is 1.50. The smallest absolute Gasteiger partial charge is 0.270 e. The van der Waals surface area contributed by atoms with Crippen molar-refractivity contribution in [2.75, 3.05) is 6.54 Å². The number of hydrogen-bond acceptors (Lipinski definition) is 4. The van der Waals surface area contributed by atoms with E-state index in [4.69, 9.17) is 5.73 Å². The van der Waals surface area contributed by atoms with Crippen LogP contribution in [0.25, 0.3) is 0 Å². The van der Waals surface area contributed by atoms with Crippen LogP contribution in [0.5, 0.6) is 0 Å². The molecule has 2 rings (SSSR count). The van der Waals surface area contributed by atoms with Crippen LogP contribution in [0.1, 0.15) is 41.7 Å². The molecule has 1 aliphatic carbocycles. The Balaban J connectivity index is 0.00000162. The molecule has 0 aromatic carbocycles. The molecule has 3 N–H and O–H groups in total. The average molecular weight is 290 g/mol. The van der Waals surface area contributed by atoms with Crippen molar-refractivity contribution in [3.05, 3.63) is 16.1 Å². The Morgan fingerprint density at radius 1 is 1.67 bits per heavy atom. The number of thiazole rings is 1. The van der Waals surface area contributed by atoms with Gasteiger partial charge in [0, 0.05) is 17.8 Å². The predicted octanol–water partition coefficient (Wildman–Crippen LogP) is 1.98. The largest absolute Gasteiger partial charge is 0.348 e. The van der Waals surface area contributed by atoms with E-state index in [9.17, 15) is 4.79 Å². The molecule has 102 valence electrons. The van der Waals surface area contributed by atoms with Crippen molar-refractivity contribution in [3.63, 3.8) is 0 Å². The molecule has 1 atom stereocenters. The molecule has 0 aliphatic heterocycles. The zero-order valence-electron chi connectivity index (χ0n) is 10.5. The minimum absolute atomic E-state index is 0. The fourth-order valence-electron chi connectivity index (χ4n) is 1.86. The van der Waals surface area contributed by atoms with Crippen molar-refractivity contribution < 1.29 is 4.79 Å². The zero-order chi connectivity index (χ0) is 12.3. The van der Waals surface area contributed by atoms with Gasteiger partial charge in [-0.05, 0) is 25.8 Å². The van der Waals surface area contributed by atoms with Gasteiger partial charge in [0.1, 0.15) is 5.69 Å². The Bertz CT molecular complexity index is 392. The number of carbonyl (C=O) groups excluding carboxylic acids is 1. The molecule has 4 nitrogen and oxygen atoms in total. The van der Waals surface area contributed by atoms with Crippen molar-refractivity contribution in [3.8, 4) is 0 Å². The number of amides is 1. The number of rotatable bonds is 6. The van der Waals surface area contributed by atoms with E-state index in [2.05, 4.69) is 17.2 Å². The third kappa shape index (κ3) is 4.55. The van der Waals surface area contributed by atoms with Crippen LogP contribution >= 0.6 is 23.7 Å². The SMILES string of the molecule is CC(CC1CC1)NC(=O)c1csc(CCN)n1.Cl. The second kappa shape index (κ2) is 7.07. The topological polar surface area (TPSA) is 68.0 Å². The molecule has 1 fully saturated rings. The quantitative estimate of drug-likeness (QED) is 0.841. The van der Waals surface area contributed by atoms with Crippen LogP contribution in [0.3, 0.4) is 0 Å². The van der Waals surface area contributed by atoms with Crippen molar-refractivity contribution >= 4 is 29.7 Å². The monoisotopic (exact) mass is 289 g/mol. The Kier molecular flexibility index (Phi) is 6.05. The van der Waals surface area contributed by atoms with Gasteiger partial charge < -0.3 is 11.1 Å². The summed E-state index contributed by atoms with van der Waals surface area (Å²) in [5.41, 5.74) is 5.98. The molecular weight excluding hydrogens is 270 g/mol. The lowest BCUT2D eigenvalue weighted by atomic mass is 10.1. The van der Waals surface area contributed by atoms with Gasteiger partial charge in [0.2, 0.25) is 0 Å². The Morgan fingerprint density at radius 2 is 2.39 bits per heavy atom. The standard InChI is InChI=1S/C12H19N3OS.ClH/c1-8(6-9-2-3-9)14-12(16)10-7-17-11(15-10)4-5-13;/h7-9H,2-6,13H2,1H3,(H,14,16);1H. The summed E-state index contributed by atoms with van der Waals surface area (Å²) < 4.78 is 0. The minimum Gasteiger partial charge on any atom is -0.348 e. The molecule has 1 amide bonds. The van der Waals surface area contributed by atoms with Crippen molar-refractivity contribution in [2.24, 2.45) is 11.7 Å². The van der Waals surface area contributed by atoms with Crippen LogP contribution < -0.4 is 11.1 Å². The summed E-state index contributed by atoms with van der Waals surface area (Å²) in [6.45, 7) is 2.63. The Morgan fingerprint density at radius 3 is 3.00 bits per heavy atom. The average Bonchev–Trinajstić information content (AvgIpc) is 2.95. The number of nitrogens with two attached hydrogens (primary N) is 1. The van der Waals surface area contributed by atoms with E-state index in [0.29, 0.717) is 12.2 Å². The molecular formula is C12H20ClN3OS.